The van der Waals surface area contributed by atoms with Gasteiger partial charge >= 0.3 is 0 Å². The van der Waals surface area contributed by atoms with E-state index in [-0.39, 0.29) is 5.82 Å². The van der Waals surface area contributed by atoms with E-state index in [1.807, 2.05) is 43.6 Å². The Morgan fingerprint density at radius 1 is 1.26 bits per heavy atom. The minimum absolute atomic E-state index is 0.238. The van der Waals surface area contributed by atoms with Crippen LogP contribution in [0.4, 0.5) is 10.1 Å². The molecule has 2 aromatic rings. The molecule has 5 heteroatoms. The van der Waals surface area contributed by atoms with Crippen molar-refractivity contribution in [3.63, 3.8) is 0 Å². The van der Waals surface area contributed by atoms with Gasteiger partial charge in [0.05, 0.1) is 17.9 Å². The van der Waals surface area contributed by atoms with Crippen LogP contribution in [0.1, 0.15) is 18.1 Å². The highest BCUT2D eigenvalue weighted by molar-refractivity contribution is 6.31. The normalized spacial score (nSPS) is 22.0. The van der Waals surface area contributed by atoms with Gasteiger partial charge in [-0.05, 0) is 31.2 Å². The zero-order chi connectivity index (χ0) is 16.0. The van der Waals surface area contributed by atoms with Crippen molar-refractivity contribution < 1.29 is 4.39 Å². The number of nitrogens with zero attached hydrogens (tertiary/aromatic N) is 2. The molecule has 0 aliphatic carbocycles. The summed E-state index contributed by atoms with van der Waals surface area (Å²) in [5.41, 5.74) is 2.75. The number of hydrogen-bond acceptors (Lipinski definition) is 3. The van der Waals surface area contributed by atoms with Crippen molar-refractivity contribution in [2.75, 3.05) is 11.4 Å². The molecule has 2 aliphatic heterocycles. The fourth-order valence-corrected chi connectivity index (χ4v) is 3.46. The molecule has 2 heterocycles. The highest BCUT2D eigenvalue weighted by atomic mass is 35.5. The molecule has 0 spiro atoms. The Morgan fingerprint density at radius 3 is 2.91 bits per heavy atom. The number of hydrogen-bond donors (Lipinski definition) is 1. The van der Waals surface area contributed by atoms with Crippen LogP contribution in [0.2, 0.25) is 5.02 Å². The van der Waals surface area contributed by atoms with E-state index in [0.29, 0.717) is 17.1 Å². The molecule has 0 bridgehead atoms. The average molecular weight is 328 g/mol. The van der Waals surface area contributed by atoms with Crippen LogP contribution in [0.5, 0.6) is 0 Å². The van der Waals surface area contributed by atoms with E-state index in [1.165, 1.54) is 6.07 Å². The van der Waals surface area contributed by atoms with Gasteiger partial charge < -0.3 is 10.2 Å². The third-order valence-corrected chi connectivity index (χ3v) is 4.60. The minimum Gasteiger partial charge on any atom is -0.363 e. The smallest absolute Gasteiger partial charge is 0.141 e. The largest absolute Gasteiger partial charge is 0.363 e. The van der Waals surface area contributed by atoms with Crippen molar-refractivity contribution in [3.05, 3.63) is 76.3 Å². The first kappa shape index (κ1) is 14.3. The second-order valence-electron chi connectivity index (χ2n) is 5.84. The maximum Gasteiger partial charge on any atom is 0.141 e. The Hall–Kier alpha value is -2.33. The molecule has 0 fully saturated rings. The summed E-state index contributed by atoms with van der Waals surface area (Å²) in [5.74, 6) is -0.238. The maximum atomic E-state index is 14.4. The van der Waals surface area contributed by atoms with Crippen LogP contribution in [0.3, 0.4) is 0 Å². The molecule has 2 aromatic carbocycles. The monoisotopic (exact) mass is 327 g/mol. The summed E-state index contributed by atoms with van der Waals surface area (Å²) in [5, 5.41) is 3.99. The van der Waals surface area contributed by atoms with Crippen LogP contribution in [0, 0.1) is 5.82 Å². The Balaban J connectivity index is 1.91. The van der Waals surface area contributed by atoms with Crippen LogP contribution in [0.15, 0.2) is 59.4 Å². The van der Waals surface area contributed by atoms with E-state index in [4.69, 9.17) is 11.6 Å². The molecule has 3 nitrogen and oxygen atoms in total. The summed E-state index contributed by atoms with van der Waals surface area (Å²) >= 11 is 6.12. The lowest BCUT2D eigenvalue weighted by atomic mass is 9.98. The summed E-state index contributed by atoms with van der Waals surface area (Å²) < 4.78 is 14.4. The third-order valence-electron chi connectivity index (χ3n) is 4.37. The molecule has 0 amide bonds. The van der Waals surface area contributed by atoms with Gasteiger partial charge in [-0.15, -0.1) is 0 Å². The second kappa shape index (κ2) is 5.10. The van der Waals surface area contributed by atoms with E-state index in [0.717, 1.165) is 16.9 Å². The number of halogens is 2. The molecular formula is C18H15ClFN3. The molecule has 0 saturated heterocycles. The van der Waals surface area contributed by atoms with Gasteiger partial charge in [-0.2, -0.15) is 0 Å². The fraction of sp³-hybridized carbons (Fsp3) is 0.167. The molecular weight excluding hydrogens is 313 g/mol. The van der Waals surface area contributed by atoms with E-state index in [9.17, 15) is 4.39 Å². The quantitative estimate of drug-likeness (QED) is 0.856. The first-order chi connectivity index (χ1) is 11.1. The van der Waals surface area contributed by atoms with Gasteiger partial charge in [0, 0.05) is 28.6 Å². The van der Waals surface area contributed by atoms with Crippen molar-refractivity contribution in [1.82, 2.24) is 5.32 Å². The van der Waals surface area contributed by atoms with Crippen LogP contribution >= 0.6 is 11.6 Å². The summed E-state index contributed by atoms with van der Waals surface area (Å²) in [7, 11) is 0. The van der Waals surface area contributed by atoms with Gasteiger partial charge in [-0.1, -0.05) is 29.8 Å². The van der Waals surface area contributed by atoms with Gasteiger partial charge in [0.1, 0.15) is 11.5 Å². The molecule has 1 atom stereocenters. The van der Waals surface area contributed by atoms with Crippen LogP contribution < -0.4 is 10.2 Å². The molecule has 1 N–H and O–H groups in total. The lowest BCUT2D eigenvalue weighted by Crippen LogP contribution is -2.48. The van der Waals surface area contributed by atoms with Gasteiger partial charge in [0.15, 0.2) is 0 Å². The zero-order valence-electron chi connectivity index (χ0n) is 12.6. The van der Waals surface area contributed by atoms with Crippen LogP contribution in [-0.4, -0.2) is 12.8 Å². The van der Waals surface area contributed by atoms with Gasteiger partial charge in [-0.25, -0.2) is 4.39 Å². The minimum atomic E-state index is -0.711. The number of rotatable bonds is 1. The Labute approximate surface area is 139 Å². The predicted octanol–water partition coefficient (Wildman–Crippen LogP) is 4.04. The lowest BCUT2D eigenvalue weighted by molar-refractivity contribution is 0.420. The SMILES string of the molecule is CC1(c2ccccc2F)NC=C2CN=Cc3cc(Cl)ccc3N21. The van der Waals surface area contributed by atoms with Gasteiger partial charge in [-0.3, -0.25) is 4.99 Å². The summed E-state index contributed by atoms with van der Waals surface area (Å²) in [6, 6.07) is 12.5. The van der Waals surface area contributed by atoms with Crippen molar-refractivity contribution in [3.8, 4) is 0 Å². The molecule has 0 radical (unpaired) electrons. The molecule has 116 valence electrons. The molecule has 1 unspecified atom stereocenters. The van der Waals surface area contributed by atoms with Crippen molar-refractivity contribution in [1.29, 1.82) is 0 Å². The first-order valence-corrected chi connectivity index (χ1v) is 7.79. The Kier molecular flexibility index (Phi) is 3.16. The van der Waals surface area contributed by atoms with E-state index < -0.39 is 5.66 Å². The maximum absolute atomic E-state index is 14.4. The van der Waals surface area contributed by atoms with Gasteiger partial charge in [0.25, 0.3) is 0 Å². The molecule has 0 saturated carbocycles. The number of fused-ring (bicyclic) bond motifs is 3. The Bertz CT molecular complexity index is 846. The summed E-state index contributed by atoms with van der Waals surface area (Å²) in [4.78, 5) is 6.55. The number of nitrogens with one attached hydrogen (secondary N) is 1. The van der Waals surface area contributed by atoms with Crippen molar-refractivity contribution in [2.24, 2.45) is 4.99 Å². The van der Waals surface area contributed by atoms with Crippen LogP contribution in [-0.2, 0) is 5.66 Å². The fourth-order valence-electron chi connectivity index (χ4n) is 3.28. The zero-order valence-corrected chi connectivity index (χ0v) is 13.3. The second-order valence-corrected chi connectivity index (χ2v) is 6.28. The molecule has 4 rings (SSSR count). The summed E-state index contributed by atoms with van der Waals surface area (Å²) in [6.45, 7) is 2.50. The predicted molar refractivity (Wildman–Crippen MR) is 91.4 cm³/mol. The summed E-state index contributed by atoms with van der Waals surface area (Å²) in [6.07, 6.45) is 3.73. The Morgan fingerprint density at radius 2 is 2.09 bits per heavy atom. The van der Waals surface area contributed by atoms with Crippen molar-refractivity contribution in [2.45, 2.75) is 12.6 Å². The van der Waals surface area contributed by atoms with Crippen molar-refractivity contribution >= 4 is 23.5 Å². The first-order valence-electron chi connectivity index (χ1n) is 7.41. The topological polar surface area (TPSA) is 27.6 Å². The molecule has 2 aliphatic rings. The number of aliphatic imine (C=N–C) groups is 1. The molecule has 23 heavy (non-hydrogen) atoms. The van der Waals surface area contributed by atoms with E-state index >= 15 is 0 Å². The highest BCUT2D eigenvalue weighted by Gasteiger charge is 2.42. The molecule has 0 aromatic heterocycles. The third kappa shape index (κ3) is 2.13. The van der Waals surface area contributed by atoms with Crippen LogP contribution in [0.25, 0.3) is 0 Å². The van der Waals surface area contributed by atoms with E-state index in [2.05, 4.69) is 15.2 Å². The lowest BCUT2D eigenvalue weighted by Gasteiger charge is -2.39. The van der Waals surface area contributed by atoms with Gasteiger partial charge in [0.2, 0.25) is 0 Å². The highest BCUT2D eigenvalue weighted by Crippen LogP contribution is 2.41. The van der Waals surface area contributed by atoms with E-state index in [1.54, 1.807) is 12.1 Å². The average Bonchev–Trinajstić information content (AvgIpc) is 2.75. The standard InChI is InChI=1S/C18H15ClFN3/c1-18(15-4-2-3-5-16(15)20)22-11-14-10-21-9-12-8-13(19)6-7-17(12)23(14)18/h2-9,11,22H,10H2,1H3. The number of benzene rings is 2. The number of anilines is 1.